The summed E-state index contributed by atoms with van der Waals surface area (Å²) in [6.07, 6.45) is 0. The van der Waals surface area contributed by atoms with Gasteiger partial charge in [-0.3, -0.25) is 0 Å². The molecule has 1 heterocycles. The molecule has 0 atom stereocenters. The number of aromatic nitrogens is 1. The number of hydrogen-bond acceptors (Lipinski definition) is 3. The molecule has 1 aromatic rings. The number of rotatable bonds is 1. The molecule has 14 heavy (non-hydrogen) atoms. The van der Waals surface area contributed by atoms with Crippen LogP contribution in [0, 0.1) is 25.2 Å². The summed E-state index contributed by atoms with van der Waals surface area (Å²) in [4.78, 5) is 4.26. The fraction of sp³-hybridized carbons (Fsp3) is 0.455. The first-order chi connectivity index (χ1) is 6.49. The molecule has 0 unspecified atom stereocenters. The van der Waals surface area contributed by atoms with Crippen LogP contribution in [0.3, 0.4) is 0 Å². The summed E-state index contributed by atoms with van der Waals surface area (Å²) in [5.74, 6) is 0.683. The molecule has 0 aliphatic heterocycles. The third-order valence-corrected chi connectivity index (χ3v) is 2.48. The van der Waals surface area contributed by atoms with Crippen LogP contribution in [0.2, 0.25) is 0 Å². The van der Waals surface area contributed by atoms with Gasteiger partial charge in [0.1, 0.15) is 11.9 Å². The van der Waals surface area contributed by atoms with Crippen molar-refractivity contribution in [3.8, 4) is 6.07 Å². The van der Waals surface area contributed by atoms with Gasteiger partial charge in [0.15, 0.2) is 0 Å². The monoisotopic (exact) mass is 189 g/mol. The number of pyridine rings is 1. The van der Waals surface area contributed by atoms with Crippen LogP contribution in [0.25, 0.3) is 0 Å². The third kappa shape index (κ3) is 1.56. The van der Waals surface area contributed by atoms with Crippen LogP contribution in [0.15, 0.2) is 0 Å². The molecule has 0 saturated carbocycles. The van der Waals surface area contributed by atoms with E-state index in [1.54, 1.807) is 0 Å². The molecule has 0 bridgehead atoms. The molecule has 1 aromatic heterocycles. The summed E-state index contributed by atoms with van der Waals surface area (Å²) in [6.45, 7) is 8.04. The van der Waals surface area contributed by atoms with Gasteiger partial charge in [0.2, 0.25) is 0 Å². The van der Waals surface area contributed by atoms with E-state index in [0.29, 0.717) is 17.3 Å². The molecule has 0 spiro atoms. The predicted octanol–water partition coefficient (Wildman–Crippen LogP) is 2.28. The van der Waals surface area contributed by atoms with Crippen molar-refractivity contribution in [3.05, 3.63) is 22.4 Å². The van der Waals surface area contributed by atoms with E-state index in [4.69, 9.17) is 11.0 Å². The van der Waals surface area contributed by atoms with Gasteiger partial charge in [0.05, 0.1) is 5.56 Å². The first-order valence-electron chi connectivity index (χ1n) is 4.65. The summed E-state index contributed by atoms with van der Waals surface area (Å²) in [7, 11) is 0. The number of nitrogens with two attached hydrogens (primary N) is 1. The predicted molar refractivity (Wildman–Crippen MR) is 56.9 cm³/mol. The molecule has 1 rings (SSSR count). The molecule has 0 radical (unpaired) electrons. The third-order valence-electron chi connectivity index (χ3n) is 2.48. The Kier molecular flexibility index (Phi) is 2.76. The Bertz CT molecular complexity index is 400. The first-order valence-corrected chi connectivity index (χ1v) is 4.65. The maximum Gasteiger partial charge on any atom is 0.141 e. The molecule has 3 nitrogen and oxygen atoms in total. The standard InChI is InChI=1S/C11H15N3/c1-6(2)10-8(4)7(3)9(5-12)11(13)14-10/h6H,1-4H3,(H2,13,14). The Morgan fingerprint density at radius 2 is 1.86 bits per heavy atom. The maximum atomic E-state index is 8.88. The molecule has 2 N–H and O–H groups in total. The fourth-order valence-electron chi connectivity index (χ4n) is 1.54. The quantitative estimate of drug-likeness (QED) is 0.737. The summed E-state index contributed by atoms with van der Waals surface area (Å²) in [5.41, 5.74) is 9.22. The van der Waals surface area contributed by atoms with Crippen LogP contribution in [0.1, 0.15) is 42.1 Å². The normalized spacial score (nSPS) is 10.3. The summed E-state index contributed by atoms with van der Waals surface area (Å²) in [5, 5.41) is 8.88. The summed E-state index contributed by atoms with van der Waals surface area (Å²) < 4.78 is 0. The lowest BCUT2D eigenvalue weighted by Gasteiger charge is -2.13. The van der Waals surface area contributed by atoms with E-state index in [9.17, 15) is 0 Å². The smallest absolute Gasteiger partial charge is 0.141 e. The van der Waals surface area contributed by atoms with Crippen molar-refractivity contribution in [3.63, 3.8) is 0 Å². The SMILES string of the molecule is Cc1c(C(C)C)nc(N)c(C#N)c1C. The van der Waals surface area contributed by atoms with E-state index in [-0.39, 0.29) is 0 Å². The zero-order valence-electron chi connectivity index (χ0n) is 9.05. The van der Waals surface area contributed by atoms with Crippen LogP contribution in [0.5, 0.6) is 0 Å². The number of nitrogen functional groups attached to an aromatic ring is 1. The Morgan fingerprint density at radius 3 is 2.29 bits per heavy atom. The van der Waals surface area contributed by atoms with E-state index in [1.807, 2.05) is 13.8 Å². The van der Waals surface area contributed by atoms with E-state index < -0.39 is 0 Å². The molecular weight excluding hydrogens is 174 g/mol. The molecule has 0 aliphatic rings. The fourth-order valence-corrected chi connectivity index (χ4v) is 1.54. The molecule has 3 heteroatoms. The molecule has 0 saturated heterocycles. The summed E-state index contributed by atoms with van der Waals surface area (Å²) in [6, 6.07) is 2.08. The number of nitrogens with zero attached hydrogens (tertiary/aromatic N) is 2. The lowest BCUT2D eigenvalue weighted by Crippen LogP contribution is -2.06. The van der Waals surface area contributed by atoms with E-state index in [0.717, 1.165) is 16.8 Å². The minimum Gasteiger partial charge on any atom is -0.383 e. The molecule has 74 valence electrons. The van der Waals surface area contributed by atoms with E-state index in [2.05, 4.69) is 24.9 Å². The van der Waals surface area contributed by atoms with Crippen LogP contribution < -0.4 is 5.73 Å². The lowest BCUT2D eigenvalue weighted by atomic mass is 9.98. The van der Waals surface area contributed by atoms with Gasteiger partial charge in [-0.1, -0.05) is 13.8 Å². The first kappa shape index (κ1) is 10.5. The summed E-state index contributed by atoms with van der Waals surface area (Å²) >= 11 is 0. The molecule has 0 aliphatic carbocycles. The number of nitriles is 1. The minimum atomic E-state index is 0.337. The minimum absolute atomic E-state index is 0.337. The lowest BCUT2D eigenvalue weighted by molar-refractivity contribution is 0.810. The highest BCUT2D eigenvalue weighted by Gasteiger charge is 2.13. The van der Waals surface area contributed by atoms with Gasteiger partial charge in [-0.25, -0.2) is 4.98 Å². The zero-order valence-corrected chi connectivity index (χ0v) is 9.05. The van der Waals surface area contributed by atoms with Crippen LogP contribution in [-0.4, -0.2) is 4.98 Å². The zero-order chi connectivity index (χ0) is 10.9. The maximum absolute atomic E-state index is 8.88. The van der Waals surface area contributed by atoms with Crippen LogP contribution in [0.4, 0.5) is 5.82 Å². The Hall–Kier alpha value is -1.56. The highest BCUT2D eigenvalue weighted by atomic mass is 14.9. The van der Waals surface area contributed by atoms with Crippen molar-refractivity contribution < 1.29 is 0 Å². The van der Waals surface area contributed by atoms with Crippen molar-refractivity contribution >= 4 is 5.82 Å². The van der Waals surface area contributed by atoms with Gasteiger partial charge in [0, 0.05) is 5.69 Å². The van der Waals surface area contributed by atoms with E-state index >= 15 is 0 Å². The van der Waals surface area contributed by atoms with Gasteiger partial charge in [-0.05, 0) is 30.9 Å². The average Bonchev–Trinajstić information content (AvgIpc) is 2.12. The van der Waals surface area contributed by atoms with Crippen LogP contribution >= 0.6 is 0 Å². The van der Waals surface area contributed by atoms with Gasteiger partial charge in [-0.15, -0.1) is 0 Å². The van der Waals surface area contributed by atoms with Gasteiger partial charge < -0.3 is 5.73 Å². The second kappa shape index (κ2) is 3.67. The molecule has 0 amide bonds. The van der Waals surface area contributed by atoms with Crippen molar-refractivity contribution in [2.45, 2.75) is 33.6 Å². The van der Waals surface area contributed by atoms with Crippen molar-refractivity contribution in [1.82, 2.24) is 4.98 Å². The Labute approximate surface area is 84.6 Å². The topological polar surface area (TPSA) is 62.7 Å². The molecular formula is C11H15N3. The van der Waals surface area contributed by atoms with Gasteiger partial charge in [0.25, 0.3) is 0 Å². The van der Waals surface area contributed by atoms with Crippen LogP contribution in [-0.2, 0) is 0 Å². The highest BCUT2D eigenvalue weighted by molar-refractivity contribution is 5.56. The van der Waals surface area contributed by atoms with Crippen molar-refractivity contribution in [1.29, 1.82) is 5.26 Å². The second-order valence-electron chi connectivity index (χ2n) is 3.77. The van der Waals surface area contributed by atoms with E-state index in [1.165, 1.54) is 0 Å². The van der Waals surface area contributed by atoms with Crippen molar-refractivity contribution in [2.24, 2.45) is 0 Å². The number of hydrogen-bond donors (Lipinski definition) is 1. The Morgan fingerprint density at radius 1 is 1.29 bits per heavy atom. The van der Waals surface area contributed by atoms with Gasteiger partial charge in [-0.2, -0.15) is 5.26 Å². The second-order valence-corrected chi connectivity index (χ2v) is 3.77. The van der Waals surface area contributed by atoms with Crippen molar-refractivity contribution in [2.75, 3.05) is 5.73 Å². The Balaban J connectivity index is 3.50. The number of anilines is 1. The molecule has 0 fully saturated rings. The largest absolute Gasteiger partial charge is 0.383 e. The van der Waals surface area contributed by atoms with Gasteiger partial charge >= 0.3 is 0 Å². The average molecular weight is 189 g/mol. The highest BCUT2D eigenvalue weighted by Crippen LogP contribution is 2.24. The molecule has 0 aromatic carbocycles.